The first kappa shape index (κ1) is 13.2. The molecule has 0 aliphatic rings. The van der Waals surface area contributed by atoms with E-state index in [1.807, 2.05) is 67.6 Å². The molecule has 3 aromatic rings. The van der Waals surface area contributed by atoms with E-state index in [0.29, 0.717) is 17.8 Å². The largest absolute Gasteiger partial charge is 0.235 e. The zero-order valence-electron chi connectivity index (χ0n) is 11.7. The summed E-state index contributed by atoms with van der Waals surface area (Å²) in [6, 6.07) is 19.7. The average Bonchev–Trinajstić information content (AvgIpc) is 2.85. The summed E-state index contributed by atoms with van der Waals surface area (Å²) in [6.07, 6.45) is 0.600. The molecule has 3 rings (SSSR count). The highest BCUT2D eigenvalue weighted by molar-refractivity contribution is 5.51. The normalized spacial score (nSPS) is 10.5. The predicted octanol–water partition coefficient (Wildman–Crippen LogP) is 4.17. The Morgan fingerprint density at radius 3 is 2.24 bits per heavy atom. The number of hydrogen-bond acceptors (Lipinski definition) is 3. The molecule has 0 N–H and O–H groups in total. The van der Waals surface area contributed by atoms with Crippen LogP contribution < -0.4 is 0 Å². The molecule has 104 valence electrons. The number of nitrogens with zero attached hydrogens (tertiary/aromatic N) is 3. The lowest BCUT2D eigenvalue weighted by Gasteiger charge is -2.02. The van der Waals surface area contributed by atoms with Crippen molar-refractivity contribution in [2.24, 2.45) is 5.18 Å². The van der Waals surface area contributed by atoms with Gasteiger partial charge in [-0.05, 0) is 29.8 Å². The second-order valence-electron chi connectivity index (χ2n) is 4.88. The Balaban J connectivity index is 2.04. The average molecular weight is 277 g/mol. The van der Waals surface area contributed by atoms with Gasteiger partial charge in [0.15, 0.2) is 5.69 Å². The van der Waals surface area contributed by atoms with E-state index in [1.54, 1.807) is 4.68 Å². The van der Waals surface area contributed by atoms with E-state index >= 15 is 0 Å². The summed E-state index contributed by atoms with van der Waals surface area (Å²) in [5, 5.41) is 7.75. The van der Waals surface area contributed by atoms with Gasteiger partial charge in [0, 0.05) is 6.42 Å². The summed E-state index contributed by atoms with van der Waals surface area (Å²) in [6.45, 7) is 1.87. The molecule has 0 radical (unpaired) electrons. The molecule has 0 fully saturated rings. The van der Waals surface area contributed by atoms with Crippen LogP contribution in [0.4, 0.5) is 5.69 Å². The van der Waals surface area contributed by atoms with E-state index in [4.69, 9.17) is 0 Å². The summed E-state index contributed by atoms with van der Waals surface area (Å²) in [7, 11) is 0. The van der Waals surface area contributed by atoms with Crippen molar-refractivity contribution in [1.29, 1.82) is 0 Å². The van der Waals surface area contributed by atoms with Gasteiger partial charge in [-0.2, -0.15) is 5.10 Å². The molecule has 21 heavy (non-hydrogen) atoms. The fraction of sp³-hybridized carbons (Fsp3) is 0.118. The van der Waals surface area contributed by atoms with Gasteiger partial charge in [0.25, 0.3) is 0 Å². The van der Waals surface area contributed by atoms with Crippen LogP contribution in [0.5, 0.6) is 0 Å². The molecule has 0 aliphatic carbocycles. The van der Waals surface area contributed by atoms with Gasteiger partial charge in [0.1, 0.15) is 0 Å². The minimum Gasteiger partial charge on any atom is -0.235 e. The van der Waals surface area contributed by atoms with Crippen LogP contribution in [-0.4, -0.2) is 9.78 Å². The van der Waals surface area contributed by atoms with Crippen LogP contribution in [0.1, 0.15) is 17.0 Å². The van der Waals surface area contributed by atoms with Crippen molar-refractivity contribution in [2.45, 2.75) is 13.3 Å². The molecule has 0 saturated heterocycles. The first-order chi connectivity index (χ1) is 10.3. The van der Waals surface area contributed by atoms with Crippen molar-refractivity contribution in [1.82, 2.24) is 9.78 Å². The van der Waals surface area contributed by atoms with Crippen molar-refractivity contribution in [3.8, 4) is 5.69 Å². The Morgan fingerprint density at radius 1 is 1.00 bits per heavy atom. The second-order valence-corrected chi connectivity index (χ2v) is 4.88. The summed E-state index contributed by atoms with van der Waals surface area (Å²) in [5.74, 6) is 0. The van der Waals surface area contributed by atoms with Crippen molar-refractivity contribution in [3.05, 3.63) is 82.5 Å². The topological polar surface area (TPSA) is 47.2 Å². The van der Waals surface area contributed by atoms with Crippen LogP contribution in [-0.2, 0) is 6.42 Å². The maximum absolute atomic E-state index is 11.2. The third kappa shape index (κ3) is 2.60. The smallest absolute Gasteiger partial charge is 0.152 e. The van der Waals surface area contributed by atoms with E-state index in [0.717, 1.165) is 16.9 Å². The minimum atomic E-state index is 0.433. The summed E-state index contributed by atoms with van der Waals surface area (Å²) in [4.78, 5) is 11.2. The van der Waals surface area contributed by atoms with Crippen LogP contribution in [0.25, 0.3) is 5.69 Å². The van der Waals surface area contributed by atoms with Crippen LogP contribution in [0, 0.1) is 11.8 Å². The van der Waals surface area contributed by atoms with Gasteiger partial charge in [-0.1, -0.05) is 48.5 Å². The van der Waals surface area contributed by atoms with Gasteiger partial charge >= 0.3 is 0 Å². The van der Waals surface area contributed by atoms with Gasteiger partial charge in [0.2, 0.25) is 0 Å². The summed E-state index contributed by atoms with van der Waals surface area (Å²) in [5.41, 5.74) is 3.95. The van der Waals surface area contributed by atoms with Gasteiger partial charge in [-0.3, -0.25) is 0 Å². The number of hydrogen-bond donors (Lipinski definition) is 0. The van der Waals surface area contributed by atoms with E-state index in [-0.39, 0.29) is 0 Å². The van der Waals surface area contributed by atoms with Crippen molar-refractivity contribution < 1.29 is 0 Å². The molecule has 4 nitrogen and oxygen atoms in total. The van der Waals surface area contributed by atoms with E-state index < -0.39 is 0 Å². The summed E-state index contributed by atoms with van der Waals surface area (Å²) < 4.78 is 1.77. The third-order valence-electron chi connectivity index (χ3n) is 3.46. The molecule has 0 atom stereocenters. The molecule has 0 unspecified atom stereocenters. The quantitative estimate of drug-likeness (QED) is 0.672. The molecule has 0 saturated carbocycles. The Bertz CT molecular complexity index is 748. The number of benzene rings is 2. The SMILES string of the molecule is Cc1c(N=O)c(Cc2ccccc2)nn1-c1ccccc1. The predicted molar refractivity (Wildman–Crippen MR) is 83.0 cm³/mol. The van der Waals surface area contributed by atoms with Gasteiger partial charge in [0.05, 0.1) is 17.1 Å². The Labute approximate surface area is 123 Å². The molecular formula is C17H15N3O. The molecular weight excluding hydrogens is 262 g/mol. The van der Waals surface area contributed by atoms with Gasteiger partial charge < -0.3 is 0 Å². The Hall–Kier alpha value is -2.75. The first-order valence-corrected chi connectivity index (χ1v) is 6.81. The van der Waals surface area contributed by atoms with Gasteiger partial charge in [-0.25, -0.2) is 4.68 Å². The van der Waals surface area contributed by atoms with Crippen LogP contribution in [0.2, 0.25) is 0 Å². The zero-order valence-corrected chi connectivity index (χ0v) is 11.7. The molecule has 0 spiro atoms. The number of aromatic nitrogens is 2. The van der Waals surface area contributed by atoms with Crippen molar-refractivity contribution >= 4 is 5.69 Å². The second kappa shape index (κ2) is 5.71. The number of rotatable bonds is 4. The molecule has 2 aromatic carbocycles. The zero-order chi connectivity index (χ0) is 14.7. The highest BCUT2D eigenvalue weighted by atomic mass is 16.3. The standard InChI is InChI=1S/C17H15N3O/c1-13-17(19-21)16(12-14-8-4-2-5-9-14)18-20(13)15-10-6-3-7-11-15/h2-11H,12H2,1H3. The maximum Gasteiger partial charge on any atom is 0.152 e. The van der Waals surface area contributed by atoms with Gasteiger partial charge in [-0.15, -0.1) is 4.91 Å². The van der Waals surface area contributed by atoms with E-state index in [9.17, 15) is 4.91 Å². The lowest BCUT2D eigenvalue weighted by molar-refractivity contribution is 0.823. The minimum absolute atomic E-state index is 0.433. The molecule has 1 aromatic heterocycles. The van der Waals surface area contributed by atoms with Crippen LogP contribution >= 0.6 is 0 Å². The molecule has 0 amide bonds. The lowest BCUT2D eigenvalue weighted by atomic mass is 10.1. The Morgan fingerprint density at radius 2 is 1.62 bits per heavy atom. The van der Waals surface area contributed by atoms with Crippen LogP contribution in [0.3, 0.4) is 0 Å². The van der Waals surface area contributed by atoms with Crippen molar-refractivity contribution in [2.75, 3.05) is 0 Å². The highest BCUT2D eigenvalue weighted by Crippen LogP contribution is 2.27. The maximum atomic E-state index is 11.2. The van der Waals surface area contributed by atoms with E-state index in [2.05, 4.69) is 10.3 Å². The molecule has 0 aliphatic heterocycles. The first-order valence-electron chi connectivity index (χ1n) is 6.81. The lowest BCUT2D eigenvalue weighted by Crippen LogP contribution is -1.99. The third-order valence-corrected chi connectivity index (χ3v) is 3.46. The number of nitroso groups, excluding NO2 is 1. The fourth-order valence-corrected chi connectivity index (χ4v) is 2.40. The monoisotopic (exact) mass is 277 g/mol. The van der Waals surface area contributed by atoms with E-state index in [1.165, 1.54) is 0 Å². The number of para-hydroxylation sites is 1. The molecule has 1 heterocycles. The molecule has 4 heteroatoms. The molecule has 0 bridgehead atoms. The van der Waals surface area contributed by atoms with Crippen molar-refractivity contribution in [3.63, 3.8) is 0 Å². The van der Waals surface area contributed by atoms with Crippen LogP contribution in [0.15, 0.2) is 65.8 Å². The fourth-order valence-electron chi connectivity index (χ4n) is 2.40. The Kier molecular flexibility index (Phi) is 3.60. The highest BCUT2D eigenvalue weighted by Gasteiger charge is 2.16. The summed E-state index contributed by atoms with van der Waals surface area (Å²) >= 11 is 0.